The lowest BCUT2D eigenvalue weighted by molar-refractivity contribution is 0.0941. The number of benzene rings is 1. The van der Waals surface area contributed by atoms with Gasteiger partial charge in [-0.2, -0.15) is 5.10 Å². The molecule has 1 heterocycles. The molecule has 0 unspecified atom stereocenters. The fourth-order valence-electron chi connectivity index (χ4n) is 1.81. The maximum absolute atomic E-state index is 12.0. The summed E-state index contributed by atoms with van der Waals surface area (Å²) >= 11 is 0. The van der Waals surface area contributed by atoms with Crippen LogP contribution >= 0.6 is 0 Å². The molecule has 1 aromatic carbocycles. The third kappa shape index (κ3) is 3.23. The number of nitrogens with two attached hydrogens (primary N) is 1. The number of amides is 1. The first-order chi connectivity index (χ1) is 9.22. The van der Waals surface area contributed by atoms with Gasteiger partial charge < -0.3 is 15.8 Å². The van der Waals surface area contributed by atoms with Crippen molar-refractivity contribution in [2.24, 2.45) is 0 Å². The fourth-order valence-corrected chi connectivity index (χ4v) is 1.81. The summed E-state index contributed by atoms with van der Waals surface area (Å²) in [5.74, 6) is -0.201. The smallest absolute Gasteiger partial charge is 0.272 e. The van der Waals surface area contributed by atoms with Gasteiger partial charge in [0.1, 0.15) is 0 Å². The molecule has 19 heavy (non-hydrogen) atoms. The van der Waals surface area contributed by atoms with Gasteiger partial charge in [0.25, 0.3) is 5.91 Å². The quantitative estimate of drug-likeness (QED) is 0.540. The highest BCUT2D eigenvalue weighted by Crippen LogP contribution is 2.18. The van der Waals surface area contributed by atoms with Crippen molar-refractivity contribution in [2.45, 2.75) is 13.3 Å². The van der Waals surface area contributed by atoms with Crippen LogP contribution in [0.1, 0.15) is 23.8 Å². The Morgan fingerprint density at radius 1 is 1.53 bits per heavy atom. The number of aromatic nitrogens is 2. The van der Waals surface area contributed by atoms with E-state index in [-0.39, 0.29) is 5.91 Å². The van der Waals surface area contributed by atoms with Crippen LogP contribution in [0.15, 0.2) is 18.2 Å². The number of nitrogens with one attached hydrogen (secondary N) is 2. The lowest BCUT2D eigenvalue weighted by Crippen LogP contribution is -2.25. The topological polar surface area (TPSA) is 93.0 Å². The highest BCUT2D eigenvalue weighted by molar-refractivity contribution is 6.05. The minimum atomic E-state index is -0.201. The summed E-state index contributed by atoms with van der Waals surface area (Å²) in [4.78, 5) is 12.0. The minimum absolute atomic E-state index is 0.201. The second-order valence-corrected chi connectivity index (χ2v) is 4.18. The number of ether oxygens (including phenoxy) is 1. The third-order valence-electron chi connectivity index (χ3n) is 2.76. The summed E-state index contributed by atoms with van der Waals surface area (Å²) in [7, 11) is 0. The summed E-state index contributed by atoms with van der Waals surface area (Å²) in [5.41, 5.74) is 7.50. The Morgan fingerprint density at radius 3 is 3.16 bits per heavy atom. The van der Waals surface area contributed by atoms with Gasteiger partial charge in [0.2, 0.25) is 0 Å². The van der Waals surface area contributed by atoms with E-state index in [4.69, 9.17) is 10.5 Å². The van der Waals surface area contributed by atoms with Crippen molar-refractivity contribution in [2.75, 3.05) is 25.5 Å². The average molecular weight is 262 g/mol. The van der Waals surface area contributed by atoms with E-state index in [0.717, 1.165) is 17.3 Å². The van der Waals surface area contributed by atoms with Crippen LogP contribution in [-0.2, 0) is 4.74 Å². The number of H-pyrrole nitrogens is 1. The average Bonchev–Trinajstić information content (AvgIpc) is 2.81. The molecule has 0 aliphatic heterocycles. The first kappa shape index (κ1) is 13.4. The number of hydrogen-bond acceptors (Lipinski definition) is 4. The predicted octanol–water partition coefficient (Wildman–Crippen LogP) is 1.30. The molecule has 2 aromatic rings. The van der Waals surface area contributed by atoms with Crippen molar-refractivity contribution in [3.63, 3.8) is 0 Å². The van der Waals surface area contributed by atoms with Gasteiger partial charge in [0, 0.05) is 30.8 Å². The number of anilines is 1. The summed E-state index contributed by atoms with van der Waals surface area (Å²) in [5, 5.41) is 10.4. The van der Waals surface area contributed by atoms with Gasteiger partial charge in [-0.15, -0.1) is 0 Å². The Kier molecular flexibility index (Phi) is 4.35. The molecule has 0 saturated carbocycles. The van der Waals surface area contributed by atoms with Gasteiger partial charge in [-0.3, -0.25) is 9.89 Å². The third-order valence-corrected chi connectivity index (χ3v) is 2.76. The van der Waals surface area contributed by atoms with E-state index in [9.17, 15) is 4.79 Å². The van der Waals surface area contributed by atoms with Crippen LogP contribution in [0.2, 0.25) is 0 Å². The molecule has 0 saturated heterocycles. The van der Waals surface area contributed by atoms with E-state index >= 15 is 0 Å². The van der Waals surface area contributed by atoms with Crippen molar-refractivity contribution in [3.05, 3.63) is 23.9 Å². The lowest BCUT2D eigenvalue weighted by Gasteiger charge is -2.03. The zero-order valence-electron chi connectivity index (χ0n) is 10.9. The Morgan fingerprint density at radius 2 is 2.37 bits per heavy atom. The Balaban J connectivity index is 1.99. The minimum Gasteiger partial charge on any atom is -0.399 e. The zero-order chi connectivity index (χ0) is 13.7. The number of aromatic amines is 1. The van der Waals surface area contributed by atoms with Crippen molar-refractivity contribution >= 4 is 22.5 Å². The number of nitrogen functional groups attached to an aromatic ring is 1. The van der Waals surface area contributed by atoms with Crippen LogP contribution in [0.25, 0.3) is 10.9 Å². The van der Waals surface area contributed by atoms with Crippen LogP contribution in [-0.4, -0.2) is 35.9 Å². The van der Waals surface area contributed by atoms with E-state index in [1.165, 1.54) is 0 Å². The monoisotopic (exact) mass is 262 g/mol. The van der Waals surface area contributed by atoms with E-state index in [2.05, 4.69) is 15.5 Å². The molecule has 1 amide bonds. The number of hydrogen-bond donors (Lipinski definition) is 3. The molecule has 1 aromatic heterocycles. The molecular weight excluding hydrogens is 244 g/mol. The van der Waals surface area contributed by atoms with E-state index in [1.807, 2.05) is 13.0 Å². The molecule has 4 N–H and O–H groups in total. The number of carbonyl (C=O) groups excluding carboxylic acids is 1. The highest BCUT2D eigenvalue weighted by Gasteiger charge is 2.13. The molecule has 0 fully saturated rings. The molecule has 2 rings (SSSR count). The molecule has 0 aliphatic carbocycles. The SMILES string of the molecule is CCOCCCNC(=O)c1n[nH]c2ccc(N)cc12. The standard InChI is InChI=1S/C13H18N4O2/c1-2-19-7-3-6-15-13(18)12-10-8-9(14)4-5-11(10)16-17-12/h4-5,8H,2-3,6-7,14H2,1H3,(H,15,18)(H,16,17). The molecule has 0 spiro atoms. The van der Waals surface area contributed by atoms with Crippen molar-refractivity contribution in [3.8, 4) is 0 Å². The summed E-state index contributed by atoms with van der Waals surface area (Å²) in [6.45, 7) is 3.84. The van der Waals surface area contributed by atoms with Crippen LogP contribution < -0.4 is 11.1 Å². The molecule has 6 heteroatoms. The van der Waals surface area contributed by atoms with Gasteiger partial charge in [0.05, 0.1) is 5.52 Å². The predicted molar refractivity (Wildman–Crippen MR) is 73.9 cm³/mol. The maximum Gasteiger partial charge on any atom is 0.272 e. The molecular formula is C13H18N4O2. The van der Waals surface area contributed by atoms with E-state index in [1.54, 1.807) is 12.1 Å². The number of rotatable bonds is 6. The number of carbonyl (C=O) groups is 1. The van der Waals surface area contributed by atoms with Crippen LogP contribution in [0.4, 0.5) is 5.69 Å². The van der Waals surface area contributed by atoms with Gasteiger partial charge in [-0.1, -0.05) is 0 Å². The van der Waals surface area contributed by atoms with E-state index in [0.29, 0.717) is 31.1 Å². The molecule has 0 radical (unpaired) electrons. The Bertz CT molecular complexity index is 565. The lowest BCUT2D eigenvalue weighted by atomic mass is 10.2. The van der Waals surface area contributed by atoms with Crippen molar-refractivity contribution in [1.29, 1.82) is 0 Å². The summed E-state index contributed by atoms with van der Waals surface area (Å²) in [6.07, 6.45) is 0.782. The molecule has 0 atom stereocenters. The highest BCUT2D eigenvalue weighted by atomic mass is 16.5. The van der Waals surface area contributed by atoms with Gasteiger partial charge >= 0.3 is 0 Å². The summed E-state index contributed by atoms with van der Waals surface area (Å²) < 4.78 is 5.20. The first-order valence-corrected chi connectivity index (χ1v) is 6.32. The maximum atomic E-state index is 12.0. The largest absolute Gasteiger partial charge is 0.399 e. The second kappa shape index (κ2) is 6.19. The van der Waals surface area contributed by atoms with Gasteiger partial charge in [-0.05, 0) is 31.5 Å². The molecule has 0 bridgehead atoms. The zero-order valence-corrected chi connectivity index (χ0v) is 10.9. The normalized spacial score (nSPS) is 10.8. The van der Waals surface area contributed by atoms with Crippen LogP contribution in [0.3, 0.4) is 0 Å². The Labute approximate surface area is 111 Å². The second-order valence-electron chi connectivity index (χ2n) is 4.18. The Hall–Kier alpha value is -2.08. The first-order valence-electron chi connectivity index (χ1n) is 6.32. The number of fused-ring (bicyclic) bond motifs is 1. The summed E-state index contributed by atoms with van der Waals surface area (Å²) in [6, 6.07) is 5.32. The van der Waals surface area contributed by atoms with Crippen molar-refractivity contribution < 1.29 is 9.53 Å². The van der Waals surface area contributed by atoms with Crippen LogP contribution in [0, 0.1) is 0 Å². The fraction of sp³-hybridized carbons (Fsp3) is 0.385. The molecule has 0 aliphatic rings. The van der Waals surface area contributed by atoms with Crippen molar-refractivity contribution in [1.82, 2.24) is 15.5 Å². The van der Waals surface area contributed by atoms with Gasteiger partial charge in [-0.25, -0.2) is 0 Å². The van der Waals surface area contributed by atoms with E-state index < -0.39 is 0 Å². The molecule has 6 nitrogen and oxygen atoms in total. The van der Waals surface area contributed by atoms with Gasteiger partial charge in [0.15, 0.2) is 5.69 Å². The molecule has 102 valence electrons. The number of nitrogens with zero attached hydrogens (tertiary/aromatic N) is 1. The van der Waals surface area contributed by atoms with Crippen LogP contribution in [0.5, 0.6) is 0 Å².